The van der Waals surface area contributed by atoms with Crippen LogP contribution in [-0.4, -0.2) is 55.6 Å². The number of aromatic nitrogens is 2. The lowest BCUT2D eigenvalue weighted by molar-refractivity contribution is 0.0684. The van der Waals surface area contributed by atoms with Crippen LogP contribution in [0.1, 0.15) is 41.0 Å². The van der Waals surface area contributed by atoms with Crippen molar-refractivity contribution in [2.75, 3.05) is 20.8 Å². The molecule has 0 saturated carbocycles. The number of aryl methyl sites for hydroxylation is 1. The van der Waals surface area contributed by atoms with E-state index in [1.165, 1.54) is 6.20 Å². The summed E-state index contributed by atoms with van der Waals surface area (Å²) in [7, 11) is -0.591. The minimum atomic E-state index is -3.72. The lowest BCUT2D eigenvalue weighted by atomic mass is 10.1. The number of carbonyl (C=O) groups is 1. The average Bonchev–Trinajstić information content (AvgIpc) is 3.25. The monoisotopic (exact) mass is 499 g/mol. The van der Waals surface area contributed by atoms with E-state index in [0.29, 0.717) is 35.7 Å². The molecular weight excluding hydrogens is 466 g/mol. The number of carbonyl (C=O) groups excluding carboxylic acids is 1. The number of amides is 1. The molecule has 3 aromatic rings. The third-order valence-corrected chi connectivity index (χ3v) is 7.33. The summed E-state index contributed by atoms with van der Waals surface area (Å²) < 4.78 is 38.7. The Kier molecular flexibility index (Phi) is 8.69. The maximum atomic E-state index is 13.3. The van der Waals surface area contributed by atoms with Crippen molar-refractivity contribution < 1.29 is 22.7 Å². The highest BCUT2D eigenvalue weighted by atomic mass is 32.2. The second-order valence-electron chi connectivity index (χ2n) is 8.68. The summed E-state index contributed by atoms with van der Waals surface area (Å²) in [5.74, 6) is 0.347. The molecule has 1 aromatic heterocycles. The molecule has 9 heteroatoms. The lowest BCUT2D eigenvalue weighted by Gasteiger charge is -2.27. The molecule has 0 atom stereocenters. The van der Waals surface area contributed by atoms with Gasteiger partial charge >= 0.3 is 0 Å². The first kappa shape index (κ1) is 26.4. The first-order chi connectivity index (χ1) is 16.7. The van der Waals surface area contributed by atoms with Crippen LogP contribution in [0.3, 0.4) is 0 Å². The smallest absolute Gasteiger partial charge is 0.254 e. The zero-order valence-electron chi connectivity index (χ0n) is 20.9. The number of nitrogens with zero attached hydrogens (tertiary/aromatic N) is 3. The summed E-state index contributed by atoms with van der Waals surface area (Å²) in [6, 6.07) is 14.2. The molecule has 8 nitrogen and oxygen atoms in total. The number of hydrogen-bond donors (Lipinski definition) is 0. The van der Waals surface area contributed by atoms with Crippen LogP contribution >= 0.6 is 0 Å². The number of imidazole rings is 1. The molecule has 1 amide bonds. The Balaban J connectivity index is 1.92. The van der Waals surface area contributed by atoms with Crippen molar-refractivity contribution in [3.05, 3.63) is 77.1 Å². The van der Waals surface area contributed by atoms with Gasteiger partial charge in [0.2, 0.25) is 15.0 Å². The molecule has 188 valence electrons. The highest BCUT2D eigenvalue weighted by Crippen LogP contribution is 2.21. The standard InChI is InChI=1S/C26H33N3O5S/c1-19(2)29(25(30)22-10-12-24(34-5)13-11-22)17-23-16-27-26(28(23)14-15-33-4)35(31,32)18-21-8-6-20(3)7-9-21/h6-13,16,19H,14-15,17-18H2,1-5H3. The molecule has 0 fully saturated rings. The van der Waals surface area contributed by atoms with Gasteiger partial charge in [-0.05, 0) is 50.6 Å². The molecule has 1 heterocycles. The number of rotatable bonds is 11. The zero-order valence-corrected chi connectivity index (χ0v) is 21.7. The second kappa shape index (κ2) is 11.5. The van der Waals surface area contributed by atoms with Crippen LogP contribution in [0.15, 0.2) is 59.9 Å². The summed E-state index contributed by atoms with van der Waals surface area (Å²) in [5, 5.41) is -0.0225. The molecule has 0 unspecified atom stereocenters. The van der Waals surface area contributed by atoms with Crippen LogP contribution in [0.5, 0.6) is 5.75 Å². The summed E-state index contributed by atoms with van der Waals surface area (Å²) in [5.41, 5.74) is 2.90. The highest BCUT2D eigenvalue weighted by Gasteiger charge is 2.27. The van der Waals surface area contributed by atoms with E-state index in [1.54, 1.807) is 48.0 Å². The fraction of sp³-hybridized carbons (Fsp3) is 0.385. The van der Waals surface area contributed by atoms with Gasteiger partial charge in [0.05, 0.1) is 37.9 Å². The molecule has 0 N–H and O–H groups in total. The maximum Gasteiger partial charge on any atom is 0.254 e. The molecule has 2 aromatic carbocycles. The molecule has 35 heavy (non-hydrogen) atoms. The largest absolute Gasteiger partial charge is 0.497 e. The van der Waals surface area contributed by atoms with E-state index < -0.39 is 9.84 Å². The molecular formula is C26H33N3O5S. The number of sulfone groups is 1. The summed E-state index contributed by atoms with van der Waals surface area (Å²) in [6.45, 7) is 6.62. The van der Waals surface area contributed by atoms with Crippen molar-refractivity contribution in [2.45, 2.75) is 50.8 Å². The molecule has 3 rings (SSSR count). The van der Waals surface area contributed by atoms with Crippen molar-refractivity contribution >= 4 is 15.7 Å². The lowest BCUT2D eigenvalue weighted by Crippen LogP contribution is -2.37. The molecule has 0 bridgehead atoms. The Labute approximate surface area is 207 Å². The quantitative estimate of drug-likeness (QED) is 0.398. The van der Waals surface area contributed by atoms with Crippen molar-refractivity contribution in [2.24, 2.45) is 0 Å². The Morgan fingerprint density at radius 2 is 1.71 bits per heavy atom. The van der Waals surface area contributed by atoms with Crippen LogP contribution in [-0.2, 0) is 33.4 Å². The topological polar surface area (TPSA) is 90.7 Å². The molecule has 0 aliphatic carbocycles. The van der Waals surface area contributed by atoms with E-state index >= 15 is 0 Å². The minimum Gasteiger partial charge on any atom is -0.497 e. The first-order valence-corrected chi connectivity index (χ1v) is 13.1. The summed E-state index contributed by atoms with van der Waals surface area (Å²) >= 11 is 0. The van der Waals surface area contributed by atoms with Gasteiger partial charge in [0.15, 0.2) is 0 Å². The number of ether oxygens (including phenoxy) is 2. The van der Waals surface area contributed by atoms with Gasteiger partial charge in [-0.15, -0.1) is 0 Å². The maximum absolute atomic E-state index is 13.3. The van der Waals surface area contributed by atoms with Gasteiger partial charge in [-0.3, -0.25) is 4.79 Å². The van der Waals surface area contributed by atoms with Crippen LogP contribution in [0.4, 0.5) is 0 Å². The molecule has 0 spiro atoms. The third kappa shape index (κ3) is 6.49. The van der Waals surface area contributed by atoms with Crippen LogP contribution < -0.4 is 4.74 Å². The second-order valence-corrected chi connectivity index (χ2v) is 10.6. The first-order valence-electron chi connectivity index (χ1n) is 11.4. The predicted molar refractivity (Wildman–Crippen MR) is 134 cm³/mol. The van der Waals surface area contributed by atoms with E-state index in [0.717, 1.165) is 5.56 Å². The van der Waals surface area contributed by atoms with Crippen molar-refractivity contribution in [1.29, 1.82) is 0 Å². The number of hydrogen-bond acceptors (Lipinski definition) is 6. The number of benzene rings is 2. The highest BCUT2D eigenvalue weighted by molar-refractivity contribution is 7.90. The summed E-state index contributed by atoms with van der Waals surface area (Å²) in [4.78, 5) is 19.3. The van der Waals surface area contributed by atoms with Crippen molar-refractivity contribution in [3.63, 3.8) is 0 Å². The van der Waals surface area contributed by atoms with E-state index in [-0.39, 0.29) is 29.4 Å². The molecule has 0 radical (unpaired) electrons. The van der Waals surface area contributed by atoms with Gasteiger partial charge in [-0.2, -0.15) is 0 Å². The predicted octanol–water partition coefficient (Wildman–Crippen LogP) is 3.87. The van der Waals surface area contributed by atoms with Crippen molar-refractivity contribution in [1.82, 2.24) is 14.5 Å². The van der Waals surface area contributed by atoms with Gasteiger partial charge in [0.25, 0.3) is 5.91 Å². The van der Waals surface area contributed by atoms with Gasteiger partial charge in [0, 0.05) is 25.3 Å². The Morgan fingerprint density at radius 1 is 1.06 bits per heavy atom. The normalized spacial score (nSPS) is 11.6. The number of methoxy groups -OCH3 is 2. The van der Waals surface area contributed by atoms with Gasteiger partial charge < -0.3 is 18.9 Å². The van der Waals surface area contributed by atoms with Gasteiger partial charge in [0.1, 0.15) is 5.75 Å². The Hall–Kier alpha value is -3.17. The van der Waals surface area contributed by atoms with Gasteiger partial charge in [-0.1, -0.05) is 29.8 Å². The fourth-order valence-corrected chi connectivity index (χ4v) is 5.24. The van der Waals surface area contributed by atoms with E-state index in [4.69, 9.17) is 9.47 Å². The zero-order chi connectivity index (χ0) is 25.6. The fourth-order valence-electron chi connectivity index (χ4n) is 3.72. The van der Waals surface area contributed by atoms with E-state index in [2.05, 4.69) is 4.98 Å². The van der Waals surface area contributed by atoms with E-state index in [1.807, 2.05) is 45.0 Å². The Morgan fingerprint density at radius 3 is 2.29 bits per heavy atom. The van der Waals surface area contributed by atoms with Crippen LogP contribution in [0, 0.1) is 6.92 Å². The molecule has 0 aliphatic rings. The molecule has 0 aliphatic heterocycles. The average molecular weight is 500 g/mol. The minimum absolute atomic E-state index is 0.0225. The molecule has 0 saturated heterocycles. The Bertz CT molecular complexity index is 1230. The third-order valence-electron chi connectivity index (χ3n) is 5.73. The van der Waals surface area contributed by atoms with E-state index in [9.17, 15) is 13.2 Å². The SMILES string of the molecule is COCCn1c(CN(C(=O)c2ccc(OC)cc2)C(C)C)cnc1S(=O)(=O)Cc1ccc(C)cc1. The van der Waals surface area contributed by atoms with Crippen LogP contribution in [0.2, 0.25) is 0 Å². The summed E-state index contributed by atoms with van der Waals surface area (Å²) in [6.07, 6.45) is 1.54. The van der Waals surface area contributed by atoms with Crippen molar-refractivity contribution in [3.8, 4) is 5.75 Å². The van der Waals surface area contributed by atoms with Crippen LogP contribution in [0.25, 0.3) is 0 Å². The van der Waals surface area contributed by atoms with Gasteiger partial charge in [-0.25, -0.2) is 13.4 Å².